The number of fused-ring (bicyclic) bond motifs is 1. The van der Waals surface area contributed by atoms with Crippen LogP contribution in [0.4, 0.5) is 0 Å². The predicted octanol–water partition coefficient (Wildman–Crippen LogP) is 0.241. The molecule has 2 aromatic heterocycles. The lowest BCUT2D eigenvalue weighted by atomic mass is 10.1. The van der Waals surface area contributed by atoms with Crippen molar-refractivity contribution in [3.05, 3.63) is 29.4 Å². The van der Waals surface area contributed by atoms with Gasteiger partial charge in [-0.3, -0.25) is 5.32 Å². The maximum Gasteiger partial charge on any atom is 0.244 e. The number of H-pyrrole nitrogens is 1. The van der Waals surface area contributed by atoms with Gasteiger partial charge in [0.2, 0.25) is 5.89 Å². The first-order valence-electron chi connectivity index (χ1n) is 5.94. The third kappa shape index (κ3) is 2.14. The van der Waals surface area contributed by atoms with Crippen LogP contribution in [-0.4, -0.2) is 39.1 Å². The summed E-state index contributed by atoms with van der Waals surface area (Å²) >= 11 is 0. The van der Waals surface area contributed by atoms with Gasteiger partial charge in [-0.2, -0.15) is 4.98 Å². The Hall–Kier alpha value is -1.73. The zero-order chi connectivity index (χ0) is 12.5. The van der Waals surface area contributed by atoms with Crippen LogP contribution in [0.15, 0.2) is 10.9 Å². The molecule has 0 radical (unpaired) electrons. The van der Waals surface area contributed by atoms with Crippen LogP contribution in [0.2, 0.25) is 0 Å². The van der Waals surface area contributed by atoms with Gasteiger partial charge < -0.3 is 14.4 Å². The molecule has 0 aliphatic carbocycles. The second kappa shape index (κ2) is 4.51. The van der Waals surface area contributed by atoms with Crippen molar-refractivity contribution in [2.45, 2.75) is 25.6 Å². The third-order valence-electron chi connectivity index (χ3n) is 2.97. The quantitative estimate of drug-likeness (QED) is 0.809. The van der Waals surface area contributed by atoms with Crippen LogP contribution in [-0.2, 0) is 19.5 Å². The Labute approximate surface area is 105 Å². The van der Waals surface area contributed by atoms with E-state index in [4.69, 9.17) is 4.52 Å². The molecule has 0 bridgehead atoms. The highest BCUT2D eigenvalue weighted by Crippen LogP contribution is 2.22. The van der Waals surface area contributed by atoms with Crippen molar-refractivity contribution in [2.24, 2.45) is 0 Å². The number of imidazole rings is 1. The van der Waals surface area contributed by atoms with E-state index in [1.165, 1.54) is 0 Å². The van der Waals surface area contributed by atoms with Crippen LogP contribution < -0.4 is 5.32 Å². The predicted molar refractivity (Wildman–Crippen MR) is 63.6 cm³/mol. The highest BCUT2D eigenvalue weighted by molar-refractivity contribution is 5.17. The average Bonchev–Trinajstić information content (AvgIpc) is 2.95. The lowest BCUT2D eigenvalue weighted by molar-refractivity contribution is 0.311. The molecular weight excluding hydrogens is 232 g/mol. The monoisotopic (exact) mass is 248 g/mol. The topological polar surface area (TPSA) is 82.9 Å². The van der Waals surface area contributed by atoms with Gasteiger partial charge in [0.15, 0.2) is 5.82 Å². The molecular formula is C11H16N6O. The molecule has 0 saturated carbocycles. The van der Waals surface area contributed by atoms with Crippen LogP contribution >= 0.6 is 0 Å². The highest BCUT2D eigenvalue weighted by atomic mass is 16.5. The number of aromatic amines is 1. The molecule has 2 N–H and O–H groups in total. The van der Waals surface area contributed by atoms with Crippen LogP contribution in [0.1, 0.15) is 29.1 Å². The minimum Gasteiger partial charge on any atom is -0.347 e. The van der Waals surface area contributed by atoms with Gasteiger partial charge in [-0.1, -0.05) is 5.16 Å². The summed E-state index contributed by atoms with van der Waals surface area (Å²) in [6.45, 7) is 1.44. The molecule has 7 heteroatoms. The van der Waals surface area contributed by atoms with Gasteiger partial charge in [0.1, 0.15) is 0 Å². The summed E-state index contributed by atoms with van der Waals surface area (Å²) in [7, 11) is 3.95. The molecule has 7 nitrogen and oxygen atoms in total. The van der Waals surface area contributed by atoms with Gasteiger partial charge in [0.25, 0.3) is 0 Å². The lowest BCUT2D eigenvalue weighted by Crippen LogP contribution is -2.28. The van der Waals surface area contributed by atoms with Crippen molar-refractivity contribution in [3.8, 4) is 0 Å². The number of aromatic nitrogens is 4. The fourth-order valence-corrected chi connectivity index (χ4v) is 2.10. The number of nitrogens with zero attached hydrogens (tertiary/aromatic N) is 4. The largest absolute Gasteiger partial charge is 0.347 e. The molecule has 0 fully saturated rings. The molecule has 2 aromatic rings. The first kappa shape index (κ1) is 11.4. The van der Waals surface area contributed by atoms with Crippen molar-refractivity contribution in [3.63, 3.8) is 0 Å². The summed E-state index contributed by atoms with van der Waals surface area (Å²) < 4.78 is 5.31. The first-order chi connectivity index (χ1) is 8.72. The van der Waals surface area contributed by atoms with Gasteiger partial charge in [0.05, 0.1) is 30.3 Å². The molecule has 3 rings (SSSR count). The molecule has 1 atom stereocenters. The van der Waals surface area contributed by atoms with Crippen LogP contribution in [0.25, 0.3) is 0 Å². The van der Waals surface area contributed by atoms with E-state index < -0.39 is 0 Å². The van der Waals surface area contributed by atoms with Crippen LogP contribution in [0, 0.1) is 0 Å². The number of hydrogen-bond acceptors (Lipinski definition) is 6. The standard InChI is InChI=1S/C11H16N6O/c1-17(2)5-10-15-11(18-16-10)8-3-7-9(4-12-8)14-6-13-7/h6,8,12H,3-5H2,1-2H3,(H,13,14). The summed E-state index contributed by atoms with van der Waals surface area (Å²) in [5.74, 6) is 1.35. The molecule has 0 spiro atoms. The summed E-state index contributed by atoms with van der Waals surface area (Å²) in [5, 5.41) is 7.34. The van der Waals surface area contributed by atoms with Gasteiger partial charge in [-0.15, -0.1) is 0 Å². The maximum atomic E-state index is 5.31. The van der Waals surface area contributed by atoms with E-state index in [0.29, 0.717) is 18.3 Å². The van der Waals surface area contributed by atoms with E-state index in [1.807, 2.05) is 19.0 Å². The maximum absolute atomic E-state index is 5.31. The zero-order valence-corrected chi connectivity index (χ0v) is 10.5. The summed E-state index contributed by atoms with van der Waals surface area (Å²) in [4.78, 5) is 13.8. The highest BCUT2D eigenvalue weighted by Gasteiger charge is 2.25. The van der Waals surface area contributed by atoms with Gasteiger partial charge in [0, 0.05) is 13.0 Å². The molecule has 0 saturated heterocycles. The molecule has 1 aliphatic rings. The molecule has 1 unspecified atom stereocenters. The van der Waals surface area contributed by atoms with E-state index in [-0.39, 0.29) is 6.04 Å². The Morgan fingerprint density at radius 1 is 1.50 bits per heavy atom. The molecule has 3 heterocycles. The first-order valence-corrected chi connectivity index (χ1v) is 5.94. The lowest BCUT2D eigenvalue weighted by Gasteiger charge is -2.19. The summed E-state index contributed by atoms with van der Waals surface area (Å²) in [5.41, 5.74) is 2.21. The Bertz CT molecular complexity index is 531. The van der Waals surface area contributed by atoms with E-state index in [1.54, 1.807) is 6.33 Å². The van der Waals surface area contributed by atoms with Gasteiger partial charge in [-0.05, 0) is 14.1 Å². The second-order valence-electron chi connectivity index (χ2n) is 4.75. The fourth-order valence-electron chi connectivity index (χ4n) is 2.10. The number of hydrogen-bond donors (Lipinski definition) is 2. The van der Waals surface area contributed by atoms with Crippen molar-refractivity contribution in [1.29, 1.82) is 0 Å². The Balaban J connectivity index is 1.74. The van der Waals surface area contributed by atoms with Crippen molar-refractivity contribution in [2.75, 3.05) is 14.1 Å². The van der Waals surface area contributed by atoms with E-state index >= 15 is 0 Å². The molecule has 1 aliphatic heterocycles. The molecule has 0 amide bonds. The zero-order valence-electron chi connectivity index (χ0n) is 10.5. The average molecular weight is 248 g/mol. The van der Waals surface area contributed by atoms with E-state index in [2.05, 4.69) is 25.4 Å². The van der Waals surface area contributed by atoms with E-state index in [9.17, 15) is 0 Å². The Kier molecular flexibility index (Phi) is 2.85. The minimum absolute atomic E-state index is 0.0595. The molecule has 18 heavy (non-hydrogen) atoms. The number of nitrogens with one attached hydrogen (secondary N) is 2. The SMILES string of the molecule is CN(C)Cc1noc(C2Cc3nc[nH]c3CN2)n1. The molecule has 96 valence electrons. The number of rotatable bonds is 3. The van der Waals surface area contributed by atoms with Crippen molar-refractivity contribution < 1.29 is 4.52 Å². The normalized spacial score (nSPS) is 19.2. The fraction of sp³-hybridized carbons (Fsp3) is 0.545. The smallest absolute Gasteiger partial charge is 0.244 e. The Morgan fingerprint density at radius 3 is 3.22 bits per heavy atom. The van der Waals surface area contributed by atoms with E-state index in [0.717, 1.165) is 24.4 Å². The third-order valence-corrected chi connectivity index (χ3v) is 2.97. The van der Waals surface area contributed by atoms with Gasteiger partial charge in [-0.25, -0.2) is 4.98 Å². The minimum atomic E-state index is 0.0595. The van der Waals surface area contributed by atoms with Crippen molar-refractivity contribution >= 4 is 0 Å². The van der Waals surface area contributed by atoms with Crippen LogP contribution in [0.3, 0.4) is 0 Å². The van der Waals surface area contributed by atoms with Gasteiger partial charge >= 0.3 is 0 Å². The molecule has 0 aromatic carbocycles. The summed E-state index contributed by atoms with van der Waals surface area (Å²) in [6, 6.07) is 0.0595. The van der Waals surface area contributed by atoms with Crippen LogP contribution in [0.5, 0.6) is 0 Å². The Morgan fingerprint density at radius 2 is 2.39 bits per heavy atom. The summed E-state index contributed by atoms with van der Waals surface area (Å²) in [6.07, 6.45) is 2.50. The second-order valence-corrected chi connectivity index (χ2v) is 4.75. The van der Waals surface area contributed by atoms with Crippen molar-refractivity contribution in [1.82, 2.24) is 30.3 Å².